The lowest BCUT2D eigenvalue weighted by molar-refractivity contribution is 0.307. The summed E-state index contributed by atoms with van der Waals surface area (Å²) in [6.07, 6.45) is 2.46. The van der Waals surface area contributed by atoms with Crippen molar-refractivity contribution >= 4 is 23.0 Å². The number of anilines is 2. The fourth-order valence-corrected chi connectivity index (χ4v) is 2.83. The van der Waals surface area contributed by atoms with Gasteiger partial charge in [0.25, 0.3) is 0 Å². The lowest BCUT2D eigenvalue weighted by Crippen LogP contribution is -2.18. The molecule has 1 heterocycles. The van der Waals surface area contributed by atoms with Crippen molar-refractivity contribution in [2.24, 2.45) is 0 Å². The van der Waals surface area contributed by atoms with Gasteiger partial charge < -0.3 is 15.4 Å². The molecule has 3 nitrogen and oxygen atoms in total. The third kappa shape index (κ3) is 3.24. The molecule has 0 saturated carbocycles. The SMILES string of the molecule is Nc1ccc(N2CCCC2)c(OCc2ccccc2Cl)c1. The van der Waals surface area contributed by atoms with Crippen LogP contribution < -0.4 is 15.4 Å². The van der Waals surface area contributed by atoms with Crippen LogP contribution in [0.25, 0.3) is 0 Å². The van der Waals surface area contributed by atoms with Crippen LogP contribution in [0.5, 0.6) is 5.75 Å². The lowest BCUT2D eigenvalue weighted by atomic mass is 10.2. The summed E-state index contributed by atoms with van der Waals surface area (Å²) < 4.78 is 5.99. The van der Waals surface area contributed by atoms with E-state index in [2.05, 4.69) is 4.90 Å². The highest BCUT2D eigenvalue weighted by Crippen LogP contribution is 2.33. The van der Waals surface area contributed by atoms with Crippen LogP contribution in [0.1, 0.15) is 18.4 Å². The number of nitrogens with two attached hydrogens (primary N) is 1. The Hall–Kier alpha value is -1.87. The molecule has 0 unspecified atom stereocenters. The van der Waals surface area contributed by atoms with Gasteiger partial charge in [0, 0.05) is 35.4 Å². The van der Waals surface area contributed by atoms with Gasteiger partial charge >= 0.3 is 0 Å². The van der Waals surface area contributed by atoms with Crippen molar-refractivity contribution in [2.45, 2.75) is 19.4 Å². The first kappa shape index (κ1) is 14.1. The zero-order valence-corrected chi connectivity index (χ0v) is 12.6. The number of nitrogens with zero attached hydrogens (tertiary/aromatic N) is 1. The number of ether oxygens (including phenoxy) is 1. The van der Waals surface area contributed by atoms with Crippen LogP contribution in [0, 0.1) is 0 Å². The quantitative estimate of drug-likeness (QED) is 0.864. The highest BCUT2D eigenvalue weighted by atomic mass is 35.5. The molecule has 0 radical (unpaired) electrons. The molecule has 0 atom stereocenters. The van der Waals surface area contributed by atoms with Crippen LogP contribution in [-0.2, 0) is 6.61 Å². The molecule has 2 N–H and O–H groups in total. The van der Waals surface area contributed by atoms with E-state index >= 15 is 0 Å². The zero-order chi connectivity index (χ0) is 14.7. The fourth-order valence-electron chi connectivity index (χ4n) is 2.64. The van der Waals surface area contributed by atoms with Crippen molar-refractivity contribution in [3.63, 3.8) is 0 Å². The van der Waals surface area contributed by atoms with E-state index in [0.29, 0.717) is 12.3 Å². The largest absolute Gasteiger partial charge is 0.487 e. The number of hydrogen-bond donors (Lipinski definition) is 1. The fraction of sp³-hybridized carbons (Fsp3) is 0.294. The Morgan fingerprint density at radius 3 is 2.62 bits per heavy atom. The minimum Gasteiger partial charge on any atom is -0.487 e. The summed E-state index contributed by atoms with van der Waals surface area (Å²) in [6, 6.07) is 13.6. The summed E-state index contributed by atoms with van der Waals surface area (Å²) in [4.78, 5) is 2.35. The van der Waals surface area contributed by atoms with Gasteiger partial charge in [-0.1, -0.05) is 29.8 Å². The van der Waals surface area contributed by atoms with Crippen LogP contribution in [-0.4, -0.2) is 13.1 Å². The molecular weight excluding hydrogens is 284 g/mol. The average molecular weight is 303 g/mol. The molecule has 110 valence electrons. The third-order valence-corrected chi connectivity index (χ3v) is 4.14. The predicted molar refractivity (Wildman–Crippen MR) is 88.1 cm³/mol. The van der Waals surface area contributed by atoms with Crippen LogP contribution in [0.3, 0.4) is 0 Å². The summed E-state index contributed by atoms with van der Waals surface area (Å²) in [5.74, 6) is 0.830. The van der Waals surface area contributed by atoms with Crippen molar-refractivity contribution < 1.29 is 4.74 Å². The van der Waals surface area contributed by atoms with Crippen molar-refractivity contribution in [1.82, 2.24) is 0 Å². The smallest absolute Gasteiger partial charge is 0.145 e. The van der Waals surface area contributed by atoms with E-state index < -0.39 is 0 Å². The number of rotatable bonds is 4. The van der Waals surface area contributed by atoms with E-state index in [1.165, 1.54) is 12.8 Å². The van der Waals surface area contributed by atoms with Crippen LogP contribution in [0.4, 0.5) is 11.4 Å². The molecule has 0 aromatic heterocycles. The molecule has 2 aromatic carbocycles. The molecule has 0 aliphatic carbocycles. The maximum Gasteiger partial charge on any atom is 0.145 e. The molecule has 1 aliphatic rings. The minimum absolute atomic E-state index is 0.448. The molecule has 0 amide bonds. The average Bonchev–Trinajstić information content (AvgIpc) is 3.00. The molecule has 0 bridgehead atoms. The molecule has 3 rings (SSSR count). The Morgan fingerprint density at radius 1 is 1.10 bits per heavy atom. The highest BCUT2D eigenvalue weighted by molar-refractivity contribution is 6.31. The van der Waals surface area contributed by atoms with Gasteiger partial charge in [0.2, 0.25) is 0 Å². The Balaban J connectivity index is 1.80. The molecule has 1 aliphatic heterocycles. The Kier molecular flexibility index (Phi) is 4.20. The van der Waals surface area contributed by atoms with Crippen LogP contribution in [0.2, 0.25) is 5.02 Å². The van der Waals surface area contributed by atoms with Gasteiger partial charge in [0.1, 0.15) is 12.4 Å². The molecular formula is C17H19ClN2O. The topological polar surface area (TPSA) is 38.5 Å². The van der Waals surface area contributed by atoms with Gasteiger partial charge in [-0.15, -0.1) is 0 Å². The molecule has 0 spiro atoms. The molecule has 2 aromatic rings. The van der Waals surface area contributed by atoms with E-state index in [1.807, 2.05) is 42.5 Å². The Labute approximate surface area is 130 Å². The summed E-state index contributed by atoms with van der Waals surface area (Å²) in [6.45, 7) is 2.60. The first-order chi connectivity index (χ1) is 10.2. The second-order valence-corrected chi connectivity index (χ2v) is 5.71. The van der Waals surface area contributed by atoms with E-state index in [1.54, 1.807) is 0 Å². The van der Waals surface area contributed by atoms with Gasteiger partial charge in [-0.2, -0.15) is 0 Å². The number of hydrogen-bond acceptors (Lipinski definition) is 3. The van der Waals surface area contributed by atoms with E-state index in [9.17, 15) is 0 Å². The van der Waals surface area contributed by atoms with Crippen LogP contribution in [0.15, 0.2) is 42.5 Å². The molecule has 21 heavy (non-hydrogen) atoms. The third-order valence-electron chi connectivity index (χ3n) is 3.77. The van der Waals surface area contributed by atoms with Crippen molar-refractivity contribution in [1.29, 1.82) is 0 Å². The molecule has 1 fully saturated rings. The van der Waals surface area contributed by atoms with Crippen molar-refractivity contribution in [2.75, 3.05) is 23.7 Å². The zero-order valence-electron chi connectivity index (χ0n) is 11.9. The maximum atomic E-state index is 6.17. The standard InChI is InChI=1S/C17H19ClN2O/c18-15-6-2-1-5-13(15)12-21-17-11-14(19)7-8-16(17)20-9-3-4-10-20/h1-2,5-8,11H,3-4,9-10,12,19H2. The number of halogens is 1. The maximum absolute atomic E-state index is 6.17. The highest BCUT2D eigenvalue weighted by Gasteiger charge is 2.17. The number of benzene rings is 2. The molecule has 1 saturated heterocycles. The molecule has 4 heteroatoms. The van der Waals surface area contributed by atoms with Crippen molar-refractivity contribution in [3.8, 4) is 5.75 Å². The lowest BCUT2D eigenvalue weighted by Gasteiger charge is -2.22. The van der Waals surface area contributed by atoms with Gasteiger partial charge in [0.15, 0.2) is 0 Å². The minimum atomic E-state index is 0.448. The first-order valence-corrected chi connectivity index (χ1v) is 7.62. The normalized spacial score (nSPS) is 14.4. The monoisotopic (exact) mass is 302 g/mol. The second-order valence-electron chi connectivity index (χ2n) is 5.30. The van der Waals surface area contributed by atoms with E-state index in [0.717, 1.165) is 35.1 Å². The van der Waals surface area contributed by atoms with E-state index in [4.69, 9.17) is 22.1 Å². The van der Waals surface area contributed by atoms with Gasteiger partial charge in [0.05, 0.1) is 5.69 Å². The van der Waals surface area contributed by atoms with Gasteiger partial charge in [-0.25, -0.2) is 0 Å². The first-order valence-electron chi connectivity index (χ1n) is 7.25. The predicted octanol–water partition coefficient (Wildman–Crippen LogP) is 4.10. The van der Waals surface area contributed by atoms with Gasteiger partial charge in [-0.3, -0.25) is 0 Å². The summed E-state index contributed by atoms with van der Waals surface area (Å²) in [5, 5.41) is 0.726. The second kappa shape index (κ2) is 6.27. The summed E-state index contributed by atoms with van der Waals surface area (Å²) in [5.41, 5.74) is 8.72. The van der Waals surface area contributed by atoms with Gasteiger partial charge in [-0.05, 0) is 31.0 Å². The number of nitrogen functional groups attached to an aromatic ring is 1. The Bertz CT molecular complexity index is 624. The summed E-state index contributed by atoms with van der Waals surface area (Å²) in [7, 11) is 0. The van der Waals surface area contributed by atoms with E-state index in [-0.39, 0.29) is 0 Å². The summed E-state index contributed by atoms with van der Waals surface area (Å²) >= 11 is 6.17. The van der Waals surface area contributed by atoms with Crippen molar-refractivity contribution in [3.05, 3.63) is 53.1 Å². The Morgan fingerprint density at radius 2 is 1.86 bits per heavy atom. The van der Waals surface area contributed by atoms with Crippen LogP contribution >= 0.6 is 11.6 Å².